The number of aryl methyl sites for hydroxylation is 1. The Morgan fingerprint density at radius 1 is 1.64 bits per heavy atom. The zero-order valence-corrected chi connectivity index (χ0v) is 8.07. The van der Waals surface area contributed by atoms with Crippen molar-refractivity contribution in [3.05, 3.63) is 35.7 Å². The van der Waals surface area contributed by atoms with Gasteiger partial charge in [-0.2, -0.15) is 10.4 Å². The monoisotopic (exact) mass is 185 g/mol. The zero-order valence-electron chi connectivity index (χ0n) is 8.07. The molecular formula is C11H11N3. The molecule has 0 atom stereocenters. The third-order valence-corrected chi connectivity index (χ3v) is 2.37. The molecule has 70 valence electrons. The Bertz CT molecular complexity index is 444. The van der Waals surface area contributed by atoms with E-state index < -0.39 is 0 Å². The van der Waals surface area contributed by atoms with Crippen LogP contribution in [0.1, 0.15) is 18.2 Å². The summed E-state index contributed by atoms with van der Waals surface area (Å²) in [5.41, 5.74) is 2.81. The highest BCUT2D eigenvalue weighted by Gasteiger charge is 2.13. The largest absolute Gasteiger partial charge is 0.269 e. The molecule has 0 N–H and O–H groups in total. The van der Waals surface area contributed by atoms with Crippen LogP contribution < -0.4 is 0 Å². The molecule has 14 heavy (non-hydrogen) atoms. The summed E-state index contributed by atoms with van der Waals surface area (Å²) in [6.07, 6.45) is 8.45. The average molecular weight is 185 g/mol. The van der Waals surface area contributed by atoms with Crippen molar-refractivity contribution in [3.63, 3.8) is 0 Å². The Kier molecular flexibility index (Phi) is 2.19. The van der Waals surface area contributed by atoms with Crippen molar-refractivity contribution < 1.29 is 0 Å². The molecule has 1 aliphatic rings. The Morgan fingerprint density at radius 2 is 2.50 bits per heavy atom. The van der Waals surface area contributed by atoms with Gasteiger partial charge in [0.05, 0.1) is 23.5 Å². The molecule has 0 saturated carbocycles. The minimum Gasteiger partial charge on any atom is -0.269 e. The summed E-state index contributed by atoms with van der Waals surface area (Å²) in [5.74, 6) is 0. The molecule has 3 nitrogen and oxygen atoms in total. The number of rotatable bonds is 1. The van der Waals surface area contributed by atoms with Gasteiger partial charge in [-0.05, 0) is 13.0 Å². The summed E-state index contributed by atoms with van der Waals surface area (Å²) in [7, 11) is 0. The number of hydrogen-bond acceptors (Lipinski definition) is 2. The van der Waals surface area contributed by atoms with E-state index in [1.165, 1.54) is 0 Å². The molecule has 1 heterocycles. The lowest BCUT2D eigenvalue weighted by molar-refractivity contribution is 0.631. The first kappa shape index (κ1) is 8.76. The van der Waals surface area contributed by atoms with Crippen LogP contribution in [-0.4, -0.2) is 9.78 Å². The molecule has 2 rings (SSSR count). The number of nitrogens with zero attached hydrogens (tertiary/aromatic N) is 3. The van der Waals surface area contributed by atoms with Crippen LogP contribution in [0, 0.1) is 11.3 Å². The third kappa shape index (κ3) is 1.25. The van der Waals surface area contributed by atoms with Crippen molar-refractivity contribution in [1.82, 2.24) is 9.78 Å². The fourth-order valence-corrected chi connectivity index (χ4v) is 1.65. The number of hydrogen-bond donors (Lipinski definition) is 0. The summed E-state index contributed by atoms with van der Waals surface area (Å²) in [6, 6.07) is 2.19. The molecule has 0 amide bonds. The SMILES string of the molecule is CCn1ncc2c1CC=CC=C2C#N. The lowest BCUT2D eigenvalue weighted by Crippen LogP contribution is -2.02. The van der Waals surface area contributed by atoms with E-state index in [0.717, 1.165) is 24.2 Å². The summed E-state index contributed by atoms with van der Waals surface area (Å²) >= 11 is 0. The molecule has 1 aromatic rings. The topological polar surface area (TPSA) is 41.6 Å². The van der Waals surface area contributed by atoms with E-state index in [4.69, 9.17) is 5.26 Å². The van der Waals surface area contributed by atoms with Crippen molar-refractivity contribution in [2.24, 2.45) is 0 Å². The first-order chi connectivity index (χ1) is 6.86. The van der Waals surface area contributed by atoms with Crippen molar-refractivity contribution in [2.75, 3.05) is 0 Å². The van der Waals surface area contributed by atoms with Crippen LogP contribution in [-0.2, 0) is 13.0 Å². The van der Waals surface area contributed by atoms with Crippen LogP contribution in [0.3, 0.4) is 0 Å². The van der Waals surface area contributed by atoms with Gasteiger partial charge in [0.2, 0.25) is 0 Å². The molecule has 3 heteroatoms. The van der Waals surface area contributed by atoms with Gasteiger partial charge in [0.1, 0.15) is 0 Å². The molecule has 1 aliphatic carbocycles. The Morgan fingerprint density at radius 3 is 3.21 bits per heavy atom. The van der Waals surface area contributed by atoms with Crippen LogP contribution in [0.15, 0.2) is 24.4 Å². The molecule has 0 aliphatic heterocycles. The van der Waals surface area contributed by atoms with Gasteiger partial charge < -0.3 is 0 Å². The Labute approximate surface area is 83.0 Å². The number of nitriles is 1. The lowest BCUT2D eigenvalue weighted by Gasteiger charge is -2.02. The van der Waals surface area contributed by atoms with Crippen molar-refractivity contribution in [2.45, 2.75) is 19.9 Å². The predicted octanol–water partition coefficient (Wildman–Crippen LogP) is 1.92. The van der Waals surface area contributed by atoms with E-state index in [0.29, 0.717) is 5.57 Å². The minimum atomic E-state index is 0.702. The maximum absolute atomic E-state index is 8.96. The molecule has 0 bridgehead atoms. The van der Waals surface area contributed by atoms with Gasteiger partial charge in [-0.15, -0.1) is 0 Å². The van der Waals surface area contributed by atoms with E-state index >= 15 is 0 Å². The summed E-state index contributed by atoms with van der Waals surface area (Å²) in [6.45, 7) is 2.90. The molecule has 1 aromatic heterocycles. The highest BCUT2D eigenvalue weighted by molar-refractivity contribution is 5.79. The van der Waals surface area contributed by atoms with Gasteiger partial charge in [-0.25, -0.2) is 0 Å². The maximum atomic E-state index is 8.96. The fraction of sp³-hybridized carbons (Fsp3) is 0.273. The third-order valence-electron chi connectivity index (χ3n) is 2.37. The molecule has 0 saturated heterocycles. The summed E-state index contributed by atoms with van der Waals surface area (Å²) < 4.78 is 1.94. The molecular weight excluding hydrogens is 174 g/mol. The van der Waals surface area contributed by atoms with Crippen LogP contribution in [0.4, 0.5) is 0 Å². The highest BCUT2D eigenvalue weighted by Crippen LogP contribution is 2.21. The van der Waals surface area contributed by atoms with E-state index in [1.54, 1.807) is 6.20 Å². The van der Waals surface area contributed by atoms with Crippen LogP contribution in [0.5, 0.6) is 0 Å². The fourth-order valence-electron chi connectivity index (χ4n) is 1.65. The van der Waals surface area contributed by atoms with Crippen molar-refractivity contribution in [3.8, 4) is 6.07 Å². The second-order valence-corrected chi connectivity index (χ2v) is 3.15. The van der Waals surface area contributed by atoms with Gasteiger partial charge in [0.15, 0.2) is 0 Å². The average Bonchev–Trinajstić information content (AvgIpc) is 2.51. The standard InChI is InChI=1S/C11H11N3/c1-2-14-11-6-4-3-5-9(7-12)10(11)8-13-14/h3-5,8H,2,6H2,1H3. The van der Waals surface area contributed by atoms with Crippen LogP contribution >= 0.6 is 0 Å². The molecule has 0 unspecified atom stereocenters. The minimum absolute atomic E-state index is 0.702. The first-order valence-electron chi connectivity index (χ1n) is 4.68. The second kappa shape index (κ2) is 3.51. The summed E-state index contributed by atoms with van der Waals surface area (Å²) in [4.78, 5) is 0. The predicted molar refractivity (Wildman–Crippen MR) is 54.3 cm³/mol. The Balaban J connectivity index is 2.57. The number of fused-ring (bicyclic) bond motifs is 1. The van der Waals surface area contributed by atoms with Gasteiger partial charge >= 0.3 is 0 Å². The molecule has 0 aromatic carbocycles. The first-order valence-corrected chi connectivity index (χ1v) is 4.68. The van der Waals surface area contributed by atoms with Crippen molar-refractivity contribution >= 4 is 5.57 Å². The second-order valence-electron chi connectivity index (χ2n) is 3.15. The number of allylic oxidation sites excluding steroid dienone is 4. The van der Waals surface area contributed by atoms with Crippen LogP contribution in [0.25, 0.3) is 5.57 Å². The highest BCUT2D eigenvalue weighted by atomic mass is 15.3. The molecule has 0 fully saturated rings. The van der Waals surface area contributed by atoms with Gasteiger partial charge in [0, 0.05) is 18.5 Å². The summed E-state index contributed by atoms with van der Waals surface area (Å²) in [5, 5.41) is 13.2. The van der Waals surface area contributed by atoms with Crippen molar-refractivity contribution in [1.29, 1.82) is 5.26 Å². The van der Waals surface area contributed by atoms with Gasteiger partial charge in [0.25, 0.3) is 0 Å². The smallest absolute Gasteiger partial charge is 0.0999 e. The van der Waals surface area contributed by atoms with E-state index in [-0.39, 0.29) is 0 Å². The van der Waals surface area contributed by atoms with Gasteiger partial charge in [-0.1, -0.05) is 12.2 Å². The van der Waals surface area contributed by atoms with E-state index in [9.17, 15) is 0 Å². The Hall–Kier alpha value is -1.82. The van der Waals surface area contributed by atoms with E-state index in [2.05, 4.69) is 24.2 Å². The van der Waals surface area contributed by atoms with Crippen LogP contribution in [0.2, 0.25) is 0 Å². The normalized spacial score (nSPS) is 14.1. The molecule has 0 spiro atoms. The molecule has 0 radical (unpaired) electrons. The maximum Gasteiger partial charge on any atom is 0.0999 e. The quantitative estimate of drug-likeness (QED) is 0.670. The van der Waals surface area contributed by atoms with Gasteiger partial charge in [-0.3, -0.25) is 4.68 Å². The zero-order chi connectivity index (χ0) is 9.97. The van der Waals surface area contributed by atoms with E-state index in [1.807, 2.05) is 16.8 Å². The lowest BCUT2D eigenvalue weighted by atomic mass is 10.1. The number of aromatic nitrogens is 2.